The fourth-order valence-corrected chi connectivity index (χ4v) is 0.653. The zero-order valence-electron chi connectivity index (χ0n) is 11.7. The van der Waals surface area contributed by atoms with Crippen LogP contribution in [0, 0.1) is 0 Å². The molecule has 0 aromatic carbocycles. The molecule has 0 saturated heterocycles. The van der Waals surface area contributed by atoms with Crippen molar-refractivity contribution in [3.63, 3.8) is 0 Å². The van der Waals surface area contributed by atoms with E-state index in [1.165, 1.54) is 0 Å². The molecule has 1 amide bonds. The molecule has 0 aliphatic rings. The van der Waals surface area contributed by atoms with Gasteiger partial charge in [-0.1, -0.05) is 13.2 Å². The van der Waals surface area contributed by atoms with Gasteiger partial charge in [0.15, 0.2) is 0 Å². The number of ether oxygens (including phenoxy) is 1. The Labute approximate surface area is 113 Å². The summed E-state index contributed by atoms with van der Waals surface area (Å²) in [7, 11) is 0. The average Bonchev–Trinajstić information content (AvgIpc) is 2.33. The number of aliphatic hydroxyl groups excluding tert-OH is 2. The van der Waals surface area contributed by atoms with Gasteiger partial charge in [0, 0.05) is 17.7 Å². The molecule has 0 saturated carbocycles. The van der Waals surface area contributed by atoms with Crippen molar-refractivity contribution in [2.45, 2.75) is 26.9 Å². The zero-order chi connectivity index (χ0) is 15.4. The predicted molar refractivity (Wildman–Crippen MR) is 72.4 cm³/mol. The standard InChI is InChI=1S/C7H13NO2.C6H10O3/c1-5(2)7(10)8-4-6(3)9;1-5(2)6(8)9-4-3-7/h6,9H,1,4H2,2-3H3,(H,8,10);7H,1,3-4H2,2H3. The molecule has 0 spiro atoms. The number of aliphatic hydroxyl groups is 2. The van der Waals surface area contributed by atoms with E-state index in [-0.39, 0.29) is 25.7 Å². The highest BCUT2D eigenvalue weighted by Gasteiger charge is 2.01. The van der Waals surface area contributed by atoms with Gasteiger partial charge >= 0.3 is 5.97 Å². The largest absolute Gasteiger partial charge is 0.460 e. The lowest BCUT2D eigenvalue weighted by molar-refractivity contribution is -0.139. The molecule has 0 aliphatic carbocycles. The Morgan fingerprint density at radius 3 is 2.11 bits per heavy atom. The van der Waals surface area contributed by atoms with Crippen molar-refractivity contribution in [1.29, 1.82) is 0 Å². The Morgan fingerprint density at radius 1 is 1.26 bits per heavy atom. The summed E-state index contributed by atoms with van der Waals surface area (Å²) >= 11 is 0. The van der Waals surface area contributed by atoms with E-state index in [1.54, 1.807) is 20.8 Å². The van der Waals surface area contributed by atoms with Crippen molar-refractivity contribution >= 4 is 11.9 Å². The number of rotatable bonds is 6. The molecule has 0 radical (unpaired) electrons. The van der Waals surface area contributed by atoms with Crippen molar-refractivity contribution in [3.05, 3.63) is 24.3 Å². The van der Waals surface area contributed by atoms with Gasteiger partial charge in [0.05, 0.1) is 12.7 Å². The van der Waals surface area contributed by atoms with Gasteiger partial charge in [-0.2, -0.15) is 0 Å². The first-order valence-electron chi connectivity index (χ1n) is 5.77. The molecule has 6 nitrogen and oxygen atoms in total. The minimum atomic E-state index is -0.497. The van der Waals surface area contributed by atoms with Crippen LogP contribution in [0.1, 0.15) is 20.8 Å². The predicted octanol–water partition coefficient (Wildman–Crippen LogP) is 0.157. The Balaban J connectivity index is 0. The molecule has 3 N–H and O–H groups in total. The Hall–Kier alpha value is -1.66. The Bertz CT molecular complexity index is 323. The molecule has 1 atom stereocenters. The van der Waals surface area contributed by atoms with Crippen LogP contribution in [0.15, 0.2) is 24.3 Å². The van der Waals surface area contributed by atoms with Crippen molar-refractivity contribution in [2.75, 3.05) is 19.8 Å². The third-order valence-corrected chi connectivity index (χ3v) is 1.62. The van der Waals surface area contributed by atoms with Gasteiger partial charge in [-0.3, -0.25) is 4.79 Å². The van der Waals surface area contributed by atoms with E-state index in [9.17, 15) is 9.59 Å². The van der Waals surface area contributed by atoms with Crippen LogP contribution in [-0.4, -0.2) is 48.0 Å². The number of nitrogens with one attached hydrogen (secondary N) is 1. The van der Waals surface area contributed by atoms with Gasteiger partial charge in [-0.05, 0) is 20.8 Å². The first-order valence-corrected chi connectivity index (χ1v) is 5.77. The quantitative estimate of drug-likeness (QED) is 0.473. The third kappa shape index (κ3) is 14.3. The summed E-state index contributed by atoms with van der Waals surface area (Å²) in [5, 5.41) is 19.4. The van der Waals surface area contributed by atoms with Gasteiger partial charge in [0.25, 0.3) is 0 Å². The maximum Gasteiger partial charge on any atom is 0.333 e. The van der Waals surface area contributed by atoms with Crippen LogP contribution >= 0.6 is 0 Å². The lowest BCUT2D eigenvalue weighted by Crippen LogP contribution is -2.30. The highest BCUT2D eigenvalue weighted by atomic mass is 16.5. The summed E-state index contributed by atoms with van der Waals surface area (Å²) in [6, 6.07) is 0. The van der Waals surface area contributed by atoms with Gasteiger partial charge in [0.2, 0.25) is 5.91 Å². The second-order valence-corrected chi connectivity index (χ2v) is 3.98. The topological polar surface area (TPSA) is 95.9 Å². The maximum atomic E-state index is 10.7. The van der Waals surface area contributed by atoms with Gasteiger partial charge in [-0.25, -0.2) is 4.79 Å². The maximum absolute atomic E-state index is 10.7. The first-order chi connectivity index (χ1) is 8.72. The molecule has 0 aromatic heterocycles. The summed E-state index contributed by atoms with van der Waals surface area (Å²) in [5.74, 6) is -0.662. The van der Waals surface area contributed by atoms with Gasteiger partial charge < -0.3 is 20.3 Å². The van der Waals surface area contributed by atoms with Crippen molar-refractivity contribution in [1.82, 2.24) is 5.32 Å². The number of hydrogen-bond donors (Lipinski definition) is 3. The van der Waals surface area contributed by atoms with Crippen LogP contribution in [0.3, 0.4) is 0 Å². The summed E-state index contributed by atoms with van der Waals surface area (Å²) in [6.07, 6.45) is -0.497. The highest BCUT2D eigenvalue weighted by Crippen LogP contribution is 1.90. The molecular formula is C13H23NO5. The normalized spacial score (nSPS) is 10.6. The summed E-state index contributed by atoms with van der Waals surface area (Å²) in [6.45, 7) is 11.8. The molecule has 6 heteroatoms. The minimum Gasteiger partial charge on any atom is -0.460 e. The molecule has 0 bridgehead atoms. The number of amides is 1. The van der Waals surface area contributed by atoms with E-state index in [0.29, 0.717) is 11.1 Å². The van der Waals surface area contributed by atoms with Crippen molar-refractivity contribution < 1.29 is 24.5 Å². The highest BCUT2D eigenvalue weighted by molar-refractivity contribution is 5.92. The fraction of sp³-hybridized carbons (Fsp3) is 0.538. The number of carbonyl (C=O) groups is 2. The van der Waals surface area contributed by atoms with Crippen molar-refractivity contribution in [2.24, 2.45) is 0 Å². The van der Waals surface area contributed by atoms with Gasteiger partial charge in [0.1, 0.15) is 6.61 Å². The fourth-order valence-electron chi connectivity index (χ4n) is 0.653. The zero-order valence-corrected chi connectivity index (χ0v) is 11.7. The average molecular weight is 273 g/mol. The summed E-state index contributed by atoms with van der Waals surface area (Å²) in [5.41, 5.74) is 0.809. The van der Waals surface area contributed by atoms with Crippen LogP contribution in [0.4, 0.5) is 0 Å². The van der Waals surface area contributed by atoms with Crippen LogP contribution < -0.4 is 5.32 Å². The smallest absolute Gasteiger partial charge is 0.333 e. The first kappa shape index (κ1) is 19.7. The molecule has 0 heterocycles. The SMILES string of the molecule is C=C(C)C(=O)NCC(C)O.C=C(C)C(=O)OCCO. The molecule has 110 valence electrons. The van der Waals surface area contributed by atoms with E-state index in [2.05, 4.69) is 23.2 Å². The molecule has 0 fully saturated rings. The number of hydrogen-bond acceptors (Lipinski definition) is 5. The second-order valence-electron chi connectivity index (χ2n) is 3.98. The van der Waals surface area contributed by atoms with Gasteiger partial charge in [-0.15, -0.1) is 0 Å². The third-order valence-electron chi connectivity index (χ3n) is 1.62. The lowest BCUT2D eigenvalue weighted by atomic mass is 10.3. The minimum absolute atomic E-state index is 0.0473. The molecule has 19 heavy (non-hydrogen) atoms. The molecular weight excluding hydrogens is 250 g/mol. The van der Waals surface area contributed by atoms with Crippen LogP contribution in [0.5, 0.6) is 0 Å². The molecule has 1 unspecified atom stereocenters. The second kappa shape index (κ2) is 11.4. The Morgan fingerprint density at radius 2 is 1.79 bits per heavy atom. The van der Waals surface area contributed by atoms with E-state index in [1.807, 2.05) is 0 Å². The Kier molecular flexibility index (Phi) is 11.8. The molecule has 0 aromatic rings. The molecule has 0 rings (SSSR count). The summed E-state index contributed by atoms with van der Waals surface area (Å²) in [4.78, 5) is 21.2. The van der Waals surface area contributed by atoms with E-state index < -0.39 is 12.1 Å². The van der Waals surface area contributed by atoms with Crippen LogP contribution in [0.25, 0.3) is 0 Å². The van der Waals surface area contributed by atoms with E-state index in [4.69, 9.17) is 10.2 Å². The number of carbonyl (C=O) groups excluding carboxylic acids is 2. The lowest BCUT2D eigenvalue weighted by Gasteiger charge is -2.05. The van der Waals surface area contributed by atoms with Crippen LogP contribution in [0.2, 0.25) is 0 Å². The van der Waals surface area contributed by atoms with Crippen molar-refractivity contribution in [3.8, 4) is 0 Å². The monoisotopic (exact) mass is 273 g/mol. The van der Waals surface area contributed by atoms with Crippen LogP contribution in [-0.2, 0) is 14.3 Å². The summed E-state index contributed by atoms with van der Waals surface area (Å²) < 4.78 is 4.46. The molecule has 0 aliphatic heterocycles. The number of esters is 1. The van der Waals surface area contributed by atoms with E-state index in [0.717, 1.165) is 0 Å². The van der Waals surface area contributed by atoms with E-state index >= 15 is 0 Å².